The molecular formula is C41H48N8O5. The lowest BCUT2D eigenvalue weighted by Gasteiger charge is -2.40. The molecule has 2 aromatic heterocycles. The van der Waals surface area contributed by atoms with E-state index in [1.165, 1.54) is 0 Å². The van der Waals surface area contributed by atoms with Gasteiger partial charge in [0, 0.05) is 62.4 Å². The monoisotopic (exact) mass is 732 g/mol. The number of amides is 3. The highest BCUT2D eigenvalue weighted by molar-refractivity contribution is 6.06. The number of nitrogens with one attached hydrogen (secondary N) is 2. The molecule has 1 unspecified atom stereocenters. The molecule has 3 amide bonds. The Morgan fingerprint density at radius 1 is 0.963 bits per heavy atom. The van der Waals surface area contributed by atoms with E-state index in [9.17, 15) is 19.2 Å². The molecule has 3 aromatic carbocycles. The minimum atomic E-state index is -0.693. The molecule has 0 spiro atoms. The predicted molar refractivity (Wildman–Crippen MR) is 208 cm³/mol. The topological polar surface area (TPSA) is 136 Å². The molecule has 282 valence electrons. The van der Waals surface area contributed by atoms with Crippen LogP contribution in [-0.4, -0.2) is 81.4 Å². The summed E-state index contributed by atoms with van der Waals surface area (Å²) in [5, 5.41) is 11.3. The van der Waals surface area contributed by atoms with Gasteiger partial charge in [0.05, 0.1) is 41.1 Å². The van der Waals surface area contributed by atoms with Crippen molar-refractivity contribution < 1.29 is 19.1 Å². The molecule has 54 heavy (non-hydrogen) atoms. The van der Waals surface area contributed by atoms with Gasteiger partial charge < -0.3 is 19.9 Å². The van der Waals surface area contributed by atoms with Crippen LogP contribution in [0.15, 0.2) is 71.7 Å². The van der Waals surface area contributed by atoms with Crippen LogP contribution in [0.25, 0.3) is 21.9 Å². The van der Waals surface area contributed by atoms with Gasteiger partial charge in [0.15, 0.2) is 0 Å². The Balaban J connectivity index is 0.868. The summed E-state index contributed by atoms with van der Waals surface area (Å²) in [6, 6.07) is 19.1. The number of carbonyl (C=O) groups is 3. The third kappa shape index (κ3) is 6.76. The Kier molecular flexibility index (Phi) is 9.74. The summed E-state index contributed by atoms with van der Waals surface area (Å²) >= 11 is 0. The van der Waals surface area contributed by atoms with Crippen LogP contribution in [0.1, 0.15) is 73.8 Å². The highest BCUT2D eigenvalue weighted by Crippen LogP contribution is 2.37. The third-order valence-electron chi connectivity index (χ3n) is 11.9. The molecule has 3 aliphatic rings. The molecule has 8 rings (SSSR count). The average Bonchev–Trinajstić information content (AvgIpc) is 3.72. The van der Waals surface area contributed by atoms with Gasteiger partial charge in [-0.25, -0.2) is 4.79 Å². The van der Waals surface area contributed by atoms with E-state index in [2.05, 4.69) is 44.4 Å². The van der Waals surface area contributed by atoms with Crippen LogP contribution >= 0.6 is 0 Å². The number of benzene rings is 3. The van der Waals surface area contributed by atoms with Crippen molar-refractivity contribution in [2.75, 3.05) is 44.0 Å². The van der Waals surface area contributed by atoms with Gasteiger partial charge in [-0.1, -0.05) is 24.3 Å². The molecule has 0 bridgehead atoms. The molecule has 1 aliphatic carbocycles. The Hall–Kier alpha value is -5.43. The number of piperidine rings is 2. The van der Waals surface area contributed by atoms with Crippen molar-refractivity contribution in [3.8, 4) is 5.75 Å². The maximum atomic E-state index is 13.4. The van der Waals surface area contributed by atoms with E-state index < -0.39 is 11.9 Å². The van der Waals surface area contributed by atoms with Gasteiger partial charge in [-0.15, -0.1) is 0 Å². The fourth-order valence-corrected chi connectivity index (χ4v) is 8.91. The largest absolute Gasteiger partial charge is 0.494 e. The minimum absolute atomic E-state index is 0.181. The van der Waals surface area contributed by atoms with Crippen molar-refractivity contribution in [3.05, 3.63) is 82.9 Å². The molecular weight excluding hydrogens is 685 g/mol. The van der Waals surface area contributed by atoms with Crippen molar-refractivity contribution in [1.82, 2.24) is 29.1 Å². The third-order valence-corrected chi connectivity index (χ3v) is 11.9. The summed E-state index contributed by atoms with van der Waals surface area (Å²) in [5.74, 6) is 0.324. The number of rotatable bonds is 9. The van der Waals surface area contributed by atoms with Crippen molar-refractivity contribution in [2.45, 2.75) is 69.5 Å². The summed E-state index contributed by atoms with van der Waals surface area (Å²) in [6.07, 6.45) is 9.13. The van der Waals surface area contributed by atoms with Gasteiger partial charge in [0.1, 0.15) is 11.8 Å². The summed E-state index contributed by atoms with van der Waals surface area (Å²) in [7, 11) is 5.63. The smallest absolute Gasteiger partial charge is 0.329 e. The lowest BCUT2D eigenvalue weighted by atomic mass is 9.85. The van der Waals surface area contributed by atoms with Crippen LogP contribution in [0.5, 0.6) is 5.75 Å². The standard InChI is InChI=1S/C41H48N8O5/c1-45(29-18-20-47(21-19-29)33-10-7-11-34-38(33)46(2)41(53)49(34)35-16-17-37(50)43-40(35)52)24-26-12-14-30(15-13-26)48-25-28-22-32(36(54-3)23-31(28)44-48)42-39(51)27-8-5-4-6-9-27/h4-11,22-23,25-26,29-30,35H,12-21,24H2,1-3H3,(H,42,51)(H,43,50,52). The van der Waals surface area contributed by atoms with Gasteiger partial charge in [-0.05, 0) is 88.2 Å². The van der Waals surface area contributed by atoms with Crippen molar-refractivity contribution >= 4 is 51.0 Å². The zero-order valence-electron chi connectivity index (χ0n) is 31.2. The number of methoxy groups -OCH3 is 1. The SMILES string of the molecule is COc1cc2nn(C3CCC(CN(C)C4CCN(c5cccc6c5n(C)c(=O)n6C5CCC(=O)NC5=O)CC4)CC3)cc2cc1NC(=O)c1ccccc1. The molecule has 2 aliphatic heterocycles. The minimum Gasteiger partial charge on any atom is -0.494 e. The van der Waals surface area contributed by atoms with Crippen molar-refractivity contribution in [2.24, 2.45) is 13.0 Å². The van der Waals surface area contributed by atoms with Crippen LogP contribution in [0, 0.1) is 5.92 Å². The van der Waals surface area contributed by atoms with Gasteiger partial charge in [-0.3, -0.25) is 33.5 Å². The summed E-state index contributed by atoms with van der Waals surface area (Å²) in [5.41, 5.74) is 4.39. The average molecular weight is 733 g/mol. The number of nitrogens with zero attached hydrogens (tertiary/aromatic N) is 6. The molecule has 2 N–H and O–H groups in total. The molecule has 4 heterocycles. The first-order chi connectivity index (χ1) is 26.2. The lowest BCUT2D eigenvalue weighted by Crippen LogP contribution is -2.45. The normalized spacial score (nSPS) is 21.2. The Bertz CT molecular complexity index is 2260. The quantitative estimate of drug-likeness (QED) is 0.196. The van der Waals surface area contributed by atoms with Gasteiger partial charge in [-0.2, -0.15) is 5.10 Å². The molecule has 3 fully saturated rings. The number of imide groups is 1. The number of aromatic nitrogens is 4. The molecule has 0 radical (unpaired) electrons. The first-order valence-electron chi connectivity index (χ1n) is 19.1. The van der Waals surface area contributed by atoms with Crippen LogP contribution in [0.3, 0.4) is 0 Å². The molecule has 2 saturated heterocycles. The van der Waals surface area contributed by atoms with Gasteiger partial charge in [0.2, 0.25) is 11.8 Å². The first-order valence-corrected chi connectivity index (χ1v) is 19.1. The predicted octanol–water partition coefficient (Wildman–Crippen LogP) is 5.26. The zero-order valence-corrected chi connectivity index (χ0v) is 31.2. The van der Waals surface area contributed by atoms with Crippen molar-refractivity contribution in [3.63, 3.8) is 0 Å². The maximum Gasteiger partial charge on any atom is 0.329 e. The summed E-state index contributed by atoms with van der Waals surface area (Å²) in [6.45, 7) is 2.83. The van der Waals surface area contributed by atoms with E-state index in [4.69, 9.17) is 9.84 Å². The number of ether oxygens (including phenoxy) is 1. The van der Waals surface area contributed by atoms with Crippen LogP contribution in [-0.2, 0) is 16.6 Å². The second kappa shape index (κ2) is 14.8. The summed E-state index contributed by atoms with van der Waals surface area (Å²) in [4.78, 5) is 55.7. The molecule has 13 heteroatoms. The molecule has 1 atom stereocenters. The number of hydrogen-bond acceptors (Lipinski definition) is 8. The van der Waals surface area contributed by atoms with E-state index in [0.717, 1.165) is 85.8 Å². The highest BCUT2D eigenvalue weighted by atomic mass is 16.5. The van der Waals surface area contributed by atoms with E-state index >= 15 is 0 Å². The van der Waals surface area contributed by atoms with Crippen LogP contribution in [0.2, 0.25) is 0 Å². The van der Waals surface area contributed by atoms with Crippen LogP contribution in [0.4, 0.5) is 11.4 Å². The highest BCUT2D eigenvalue weighted by Gasteiger charge is 2.33. The number of carbonyl (C=O) groups excluding carboxylic acids is 3. The van der Waals surface area contributed by atoms with Gasteiger partial charge >= 0.3 is 5.69 Å². The Morgan fingerprint density at radius 3 is 2.44 bits per heavy atom. The van der Waals surface area contributed by atoms with Crippen molar-refractivity contribution in [1.29, 1.82) is 0 Å². The number of aryl methyl sites for hydroxylation is 1. The molecule has 5 aromatic rings. The summed E-state index contributed by atoms with van der Waals surface area (Å²) < 4.78 is 10.9. The number of fused-ring (bicyclic) bond motifs is 2. The fraction of sp³-hybridized carbons (Fsp3) is 0.439. The zero-order chi connectivity index (χ0) is 37.5. The molecule has 1 saturated carbocycles. The number of anilines is 2. The van der Waals surface area contributed by atoms with E-state index in [1.807, 2.05) is 42.5 Å². The number of hydrogen-bond donors (Lipinski definition) is 2. The Labute approximate surface area is 313 Å². The number of para-hydroxylation sites is 1. The molecule has 13 nitrogen and oxygen atoms in total. The van der Waals surface area contributed by atoms with E-state index in [-0.39, 0.29) is 23.9 Å². The fourth-order valence-electron chi connectivity index (χ4n) is 8.91. The second-order valence-electron chi connectivity index (χ2n) is 15.2. The van der Waals surface area contributed by atoms with Gasteiger partial charge in [0.25, 0.3) is 5.91 Å². The van der Waals surface area contributed by atoms with Crippen LogP contribution < -0.4 is 26.0 Å². The van der Waals surface area contributed by atoms with E-state index in [1.54, 1.807) is 35.4 Å². The Morgan fingerprint density at radius 2 is 1.72 bits per heavy atom. The van der Waals surface area contributed by atoms with E-state index in [0.29, 0.717) is 41.4 Å². The lowest BCUT2D eigenvalue weighted by molar-refractivity contribution is -0.135. The second-order valence-corrected chi connectivity index (χ2v) is 15.2. The number of imidazole rings is 1. The first kappa shape index (κ1) is 35.6. The maximum absolute atomic E-state index is 13.4.